The van der Waals surface area contributed by atoms with E-state index in [9.17, 15) is 18.7 Å². The number of carbonyl (C=O) groups is 1. The van der Waals surface area contributed by atoms with Gasteiger partial charge in [0.25, 0.3) is 5.91 Å². The Morgan fingerprint density at radius 2 is 1.95 bits per heavy atom. The lowest BCUT2D eigenvalue weighted by Gasteiger charge is -2.36. The topological polar surface area (TPSA) is 104 Å². The average molecular weight is 537 g/mol. The second-order valence-electron chi connectivity index (χ2n) is 9.81. The molecule has 0 unspecified atom stereocenters. The lowest BCUT2D eigenvalue weighted by Crippen LogP contribution is -2.50. The molecule has 1 fully saturated rings. The highest BCUT2D eigenvalue weighted by molar-refractivity contribution is 5.96. The van der Waals surface area contributed by atoms with Crippen molar-refractivity contribution >= 4 is 23.1 Å². The van der Waals surface area contributed by atoms with E-state index in [4.69, 9.17) is 0 Å². The third kappa shape index (κ3) is 5.84. The van der Waals surface area contributed by atoms with Crippen molar-refractivity contribution in [2.75, 3.05) is 32.0 Å². The molecule has 0 spiro atoms. The van der Waals surface area contributed by atoms with Crippen LogP contribution in [0.5, 0.6) is 5.75 Å². The van der Waals surface area contributed by atoms with E-state index in [2.05, 4.69) is 25.3 Å². The Hall–Kier alpha value is -4.09. The molecule has 1 saturated heterocycles. The van der Waals surface area contributed by atoms with Crippen molar-refractivity contribution in [3.05, 3.63) is 72.2 Å². The number of ether oxygens (including phenoxy) is 1. The minimum Gasteiger partial charge on any atom is -0.435 e. The smallest absolute Gasteiger partial charge is 0.387 e. The summed E-state index contributed by atoms with van der Waals surface area (Å²) in [4.78, 5) is 23.7. The van der Waals surface area contributed by atoms with Crippen molar-refractivity contribution in [1.29, 1.82) is 0 Å². The molecule has 9 nitrogen and oxygen atoms in total. The number of nitrogens with one attached hydrogen (secondary N) is 2. The molecule has 11 heteroatoms. The van der Waals surface area contributed by atoms with Crippen LogP contribution in [0, 0.1) is 6.92 Å². The minimum absolute atomic E-state index is 0.0808. The van der Waals surface area contributed by atoms with Gasteiger partial charge in [0.2, 0.25) is 0 Å². The molecule has 39 heavy (non-hydrogen) atoms. The molecule has 0 radical (unpaired) electrons. The van der Waals surface area contributed by atoms with Gasteiger partial charge in [0.1, 0.15) is 5.75 Å². The molecule has 0 atom stereocenters. The molecule has 2 aromatic carbocycles. The van der Waals surface area contributed by atoms with Crippen molar-refractivity contribution in [2.24, 2.45) is 0 Å². The van der Waals surface area contributed by atoms with E-state index < -0.39 is 12.2 Å². The predicted molar refractivity (Wildman–Crippen MR) is 144 cm³/mol. The summed E-state index contributed by atoms with van der Waals surface area (Å²) in [5.74, 6) is 0.455. The van der Waals surface area contributed by atoms with Gasteiger partial charge >= 0.3 is 6.61 Å². The van der Waals surface area contributed by atoms with E-state index in [-0.39, 0.29) is 18.2 Å². The van der Waals surface area contributed by atoms with E-state index in [0.717, 1.165) is 35.6 Å². The number of nitrogens with zero attached hydrogens (tertiary/aromatic N) is 4. The van der Waals surface area contributed by atoms with Crippen molar-refractivity contribution in [3.8, 4) is 17.0 Å². The molecule has 5 rings (SSSR count). The summed E-state index contributed by atoms with van der Waals surface area (Å²) < 4.78 is 31.2. The molecule has 0 aliphatic carbocycles. The Bertz CT molecular complexity index is 1470. The number of halogens is 2. The summed E-state index contributed by atoms with van der Waals surface area (Å²) in [7, 11) is 1.72. The highest BCUT2D eigenvalue weighted by atomic mass is 19.3. The van der Waals surface area contributed by atoms with E-state index in [0.29, 0.717) is 29.9 Å². The van der Waals surface area contributed by atoms with Gasteiger partial charge in [-0.2, -0.15) is 8.78 Å². The number of benzene rings is 2. The Kier molecular flexibility index (Phi) is 7.45. The zero-order valence-corrected chi connectivity index (χ0v) is 21.7. The normalized spacial score (nSPS) is 14.9. The number of aromatic nitrogens is 3. The summed E-state index contributed by atoms with van der Waals surface area (Å²) in [6.07, 6.45) is 6.31. The molecule has 204 valence electrons. The molecular formula is C28H30F2N6O3. The van der Waals surface area contributed by atoms with Crippen molar-refractivity contribution in [2.45, 2.75) is 32.0 Å². The number of carbonyl (C=O) groups excluding carboxylic acids is 1. The fourth-order valence-electron chi connectivity index (χ4n) is 4.92. The van der Waals surface area contributed by atoms with Crippen LogP contribution in [0.15, 0.2) is 61.1 Å². The molecule has 3 heterocycles. The number of rotatable bonds is 8. The Morgan fingerprint density at radius 3 is 2.64 bits per heavy atom. The van der Waals surface area contributed by atoms with Crippen LogP contribution in [0.3, 0.4) is 0 Å². The summed E-state index contributed by atoms with van der Waals surface area (Å²) in [5.41, 5.74) is 3.33. The third-order valence-corrected chi connectivity index (χ3v) is 6.94. The maximum Gasteiger partial charge on any atom is 0.387 e. The summed E-state index contributed by atoms with van der Waals surface area (Å²) in [6.45, 7) is 0.742. The number of fused-ring (bicyclic) bond motifs is 1. The fourth-order valence-corrected chi connectivity index (χ4v) is 4.92. The summed E-state index contributed by atoms with van der Waals surface area (Å²) in [6, 6.07) is 11.8. The zero-order chi connectivity index (χ0) is 27.6. The number of piperidine rings is 1. The molecule has 3 N–H and O–H groups in total. The van der Waals surface area contributed by atoms with Gasteiger partial charge in [-0.25, -0.2) is 9.97 Å². The second kappa shape index (κ2) is 11.0. The number of likely N-dealkylation sites (N-methyl/N-ethyl adjacent to an activating group) is 1. The first-order chi connectivity index (χ1) is 18.7. The SMILES string of the molecule is Cc1cc(Nc2nccn3c(-c4ccc(OC(F)F)cc4)cnc23)ccc1C(=O)N(C)CC1(O)CCNCC1. The average Bonchev–Trinajstić information content (AvgIpc) is 3.34. The first-order valence-electron chi connectivity index (χ1n) is 12.7. The van der Waals surface area contributed by atoms with Crippen LogP contribution in [0.2, 0.25) is 0 Å². The van der Waals surface area contributed by atoms with Crippen molar-refractivity contribution in [1.82, 2.24) is 24.6 Å². The van der Waals surface area contributed by atoms with Gasteiger partial charge < -0.3 is 25.4 Å². The summed E-state index contributed by atoms with van der Waals surface area (Å²) >= 11 is 0. The fraction of sp³-hybridized carbons (Fsp3) is 0.321. The van der Waals surface area contributed by atoms with Crippen LogP contribution in [0.4, 0.5) is 20.3 Å². The van der Waals surface area contributed by atoms with Crippen molar-refractivity contribution < 1.29 is 23.4 Å². The van der Waals surface area contributed by atoms with Gasteiger partial charge in [0, 0.05) is 42.8 Å². The maximum atomic E-state index is 13.1. The van der Waals surface area contributed by atoms with E-state index in [1.54, 1.807) is 48.7 Å². The number of hydrogen-bond acceptors (Lipinski definition) is 7. The largest absolute Gasteiger partial charge is 0.435 e. The van der Waals surface area contributed by atoms with Gasteiger partial charge in [-0.3, -0.25) is 9.20 Å². The van der Waals surface area contributed by atoms with Gasteiger partial charge in [-0.15, -0.1) is 0 Å². The number of imidazole rings is 1. The lowest BCUT2D eigenvalue weighted by molar-refractivity contribution is -0.0498. The molecule has 0 bridgehead atoms. The van der Waals surface area contributed by atoms with Crippen LogP contribution in [0.1, 0.15) is 28.8 Å². The number of amides is 1. The molecule has 1 aliphatic heterocycles. The van der Waals surface area contributed by atoms with Crippen molar-refractivity contribution in [3.63, 3.8) is 0 Å². The highest BCUT2D eigenvalue weighted by Gasteiger charge is 2.32. The van der Waals surface area contributed by atoms with Crippen LogP contribution in [0.25, 0.3) is 16.9 Å². The predicted octanol–water partition coefficient (Wildman–Crippen LogP) is 4.24. The Balaban J connectivity index is 1.32. The molecule has 1 amide bonds. The van der Waals surface area contributed by atoms with Gasteiger partial charge in [-0.1, -0.05) is 0 Å². The lowest BCUT2D eigenvalue weighted by atomic mass is 9.91. The molecular weight excluding hydrogens is 506 g/mol. The number of alkyl halides is 2. The molecule has 4 aromatic rings. The number of aliphatic hydroxyl groups is 1. The molecule has 0 saturated carbocycles. The quantitative estimate of drug-likeness (QED) is 0.310. The first-order valence-corrected chi connectivity index (χ1v) is 12.7. The minimum atomic E-state index is -2.88. The van der Waals surface area contributed by atoms with E-state index >= 15 is 0 Å². The van der Waals surface area contributed by atoms with Gasteiger partial charge in [0.15, 0.2) is 11.5 Å². The Labute approximate surface area is 224 Å². The number of aryl methyl sites for hydroxylation is 1. The monoisotopic (exact) mass is 536 g/mol. The van der Waals surface area contributed by atoms with E-state index in [1.165, 1.54) is 12.1 Å². The second-order valence-corrected chi connectivity index (χ2v) is 9.81. The number of anilines is 2. The molecule has 1 aliphatic rings. The van der Waals surface area contributed by atoms with Crippen LogP contribution in [-0.2, 0) is 0 Å². The third-order valence-electron chi connectivity index (χ3n) is 6.94. The maximum absolute atomic E-state index is 13.1. The standard InChI is InChI=1S/C28H30F2N6O3/c1-18-15-20(5-8-22(18)26(37)35(2)17-28(38)9-11-31-12-10-28)34-24-25-33-16-23(36(25)14-13-32-24)19-3-6-21(7-4-19)39-27(29)30/h3-8,13-16,27,31,38H,9-12,17H2,1-2H3,(H,32,34). The van der Waals surface area contributed by atoms with Gasteiger partial charge in [0.05, 0.1) is 17.5 Å². The highest BCUT2D eigenvalue weighted by Crippen LogP contribution is 2.28. The zero-order valence-electron chi connectivity index (χ0n) is 21.7. The van der Waals surface area contributed by atoms with Crippen LogP contribution < -0.4 is 15.4 Å². The number of hydrogen-bond donors (Lipinski definition) is 3. The van der Waals surface area contributed by atoms with E-state index in [1.807, 2.05) is 23.5 Å². The first kappa shape index (κ1) is 26.5. The van der Waals surface area contributed by atoms with Crippen LogP contribution >= 0.6 is 0 Å². The van der Waals surface area contributed by atoms with Crippen LogP contribution in [-0.4, -0.2) is 69.2 Å². The summed E-state index contributed by atoms with van der Waals surface area (Å²) in [5, 5.41) is 17.3. The molecule has 2 aromatic heterocycles. The Morgan fingerprint density at radius 1 is 1.21 bits per heavy atom. The van der Waals surface area contributed by atoms with Gasteiger partial charge in [-0.05, 0) is 80.9 Å².